The molecule has 1 aromatic heterocycles. The van der Waals surface area contributed by atoms with Crippen LogP contribution in [0, 0.1) is 6.92 Å². The maximum absolute atomic E-state index is 12.5. The molecular formula is C9H8BrF2NO2. The molecule has 0 amide bonds. The van der Waals surface area contributed by atoms with Crippen molar-refractivity contribution in [2.24, 2.45) is 0 Å². The molecule has 1 heterocycles. The van der Waals surface area contributed by atoms with Crippen LogP contribution in [-0.4, -0.2) is 16.1 Å². The summed E-state index contributed by atoms with van der Waals surface area (Å²) in [5, 5.41) is 8.61. The summed E-state index contributed by atoms with van der Waals surface area (Å²) >= 11 is 3.04. The van der Waals surface area contributed by atoms with E-state index < -0.39 is 12.4 Å². The first kappa shape index (κ1) is 12.0. The molecule has 82 valence electrons. The zero-order valence-electron chi connectivity index (χ0n) is 7.80. The Labute approximate surface area is 93.3 Å². The summed E-state index contributed by atoms with van der Waals surface area (Å²) in [7, 11) is 0. The number of hydrogen-bond acceptors (Lipinski definition) is 2. The minimum Gasteiger partial charge on any atom is -0.481 e. The SMILES string of the molecule is Cc1c(C(F)F)cnc(Br)c1CC(=O)O. The summed E-state index contributed by atoms with van der Waals surface area (Å²) in [5.41, 5.74) is 0.337. The van der Waals surface area contributed by atoms with Crippen molar-refractivity contribution < 1.29 is 18.7 Å². The lowest BCUT2D eigenvalue weighted by Crippen LogP contribution is -2.06. The second kappa shape index (κ2) is 4.65. The quantitative estimate of drug-likeness (QED) is 0.866. The molecule has 1 rings (SSSR count). The highest BCUT2D eigenvalue weighted by molar-refractivity contribution is 9.10. The molecule has 0 aliphatic heterocycles. The van der Waals surface area contributed by atoms with Crippen molar-refractivity contribution in [2.45, 2.75) is 19.8 Å². The van der Waals surface area contributed by atoms with E-state index in [0.717, 1.165) is 6.20 Å². The van der Waals surface area contributed by atoms with Gasteiger partial charge in [-0.05, 0) is 34.0 Å². The van der Waals surface area contributed by atoms with Crippen molar-refractivity contribution in [1.29, 1.82) is 0 Å². The van der Waals surface area contributed by atoms with Crippen molar-refractivity contribution in [1.82, 2.24) is 4.98 Å². The van der Waals surface area contributed by atoms with E-state index in [1.807, 2.05) is 0 Å². The van der Waals surface area contributed by atoms with E-state index in [-0.39, 0.29) is 17.5 Å². The van der Waals surface area contributed by atoms with Gasteiger partial charge >= 0.3 is 5.97 Å². The van der Waals surface area contributed by atoms with E-state index >= 15 is 0 Å². The third kappa shape index (κ3) is 2.71. The molecule has 0 saturated heterocycles. The van der Waals surface area contributed by atoms with Crippen molar-refractivity contribution in [3.05, 3.63) is 27.5 Å². The molecule has 0 fully saturated rings. The smallest absolute Gasteiger partial charge is 0.307 e. The van der Waals surface area contributed by atoms with Gasteiger partial charge in [-0.3, -0.25) is 4.79 Å². The summed E-state index contributed by atoms with van der Waals surface area (Å²) < 4.78 is 25.2. The van der Waals surface area contributed by atoms with Crippen molar-refractivity contribution in [2.75, 3.05) is 0 Å². The predicted octanol–water partition coefficient (Wildman–Crippen LogP) is 2.72. The Morgan fingerprint density at radius 2 is 2.27 bits per heavy atom. The fourth-order valence-corrected chi connectivity index (χ4v) is 1.75. The van der Waals surface area contributed by atoms with E-state index in [4.69, 9.17) is 5.11 Å². The minimum atomic E-state index is -2.64. The lowest BCUT2D eigenvalue weighted by molar-refractivity contribution is -0.136. The van der Waals surface area contributed by atoms with E-state index in [0.29, 0.717) is 10.2 Å². The van der Waals surface area contributed by atoms with Gasteiger partial charge in [0.15, 0.2) is 0 Å². The number of rotatable bonds is 3. The molecule has 0 atom stereocenters. The Morgan fingerprint density at radius 1 is 1.67 bits per heavy atom. The van der Waals surface area contributed by atoms with E-state index in [9.17, 15) is 13.6 Å². The first-order valence-corrected chi connectivity index (χ1v) is 4.86. The fourth-order valence-electron chi connectivity index (χ4n) is 1.21. The monoisotopic (exact) mass is 279 g/mol. The molecule has 3 nitrogen and oxygen atoms in total. The van der Waals surface area contributed by atoms with Gasteiger partial charge in [0.2, 0.25) is 0 Å². The highest BCUT2D eigenvalue weighted by atomic mass is 79.9. The second-order valence-electron chi connectivity index (χ2n) is 2.98. The molecule has 15 heavy (non-hydrogen) atoms. The average Bonchev–Trinajstić information content (AvgIpc) is 2.11. The summed E-state index contributed by atoms with van der Waals surface area (Å²) in [6.45, 7) is 1.46. The molecule has 0 aliphatic rings. The van der Waals surface area contributed by atoms with Crippen LogP contribution in [0.15, 0.2) is 10.8 Å². The molecule has 0 aliphatic carbocycles. The van der Waals surface area contributed by atoms with Crippen LogP contribution >= 0.6 is 15.9 Å². The predicted molar refractivity (Wildman–Crippen MR) is 53.0 cm³/mol. The molecule has 0 bridgehead atoms. The Morgan fingerprint density at radius 3 is 2.73 bits per heavy atom. The lowest BCUT2D eigenvalue weighted by Gasteiger charge is -2.10. The lowest BCUT2D eigenvalue weighted by atomic mass is 10.0. The highest BCUT2D eigenvalue weighted by Crippen LogP contribution is 2.28. The fraction of sp³-hybridized carbons (Fsp3) is 0.333. The first-order chi connectivity index (χ1) is 6.93. The van der Waals surface area contributed by atoms with Gasteiger partial charge in [0.05, 0.1) is 6.42 Å². The number of carboxylic acids is 1. The third-order valence-corrected chi connectivity index (χ3v) is 2.70. The molecule has 0 saturated carbocycles. The summed E-state index contributed by atoms with van der Waals surface area (Å²) in [4.78, 5) is 14.2. The minimum absolute atomic E-state index is 0.227. The van der Waals surface area contributed by atoms with Crippen LogP contribution in [0.5, 0.6) is 0 Å². The number of carboxylic acid groups (broad SMARTS) is 1. The van der Waals surface area contributed by atoms with Crippen molar-refractivity contribution in [3.8, 4) is 0 Å². The molecule has 6 heteroatoms. The molecule has 0 spiro atoms. The van der Waals surface area contributed by atoms with E-state index in [2.05, 4.69) is 20.9 Å². The molecule has 1 aromatic rings. The third-order valence-electron chi connectivity index (χ3n) is 2.01. The number of aromatic nitrogens is 1. The summed E-state index contributed by atoms with van der Waals surface area (Å²) in [6.07, 6.45) is -1.91. The van der Waals surface area contributed by atoms with Crippen LogP contribution in [0.2, 0.25) is 0 Å². The van der Waals surface area contributed by atoms with Gasteiger partial charge in [-0.15, -0.1) is 0 Å². The van der Waals surface area contributed by atoms with Gasteiger partial charge in [-0.1, -0.05) is 0 Å². The second-order valence-corrected chi connectivity index (χ2v) is 3.73. The number of carbonyl (C=O) groups is 1. The van der Waals surface area contributed by atoms with Gasteiger partial charge < -0.3 is 5.11 Å². The Balaban J connectivity index is 3.23. The summed E-state index contributed by atoms with van der Waals surface area (Å²) in [6, 6.07) is 0. The number of nitrogens with zero attached hydrogens (tertiary/aromatic N) is 1. The van der Waals surface area contributed by atoms with Crippen molar-refractivity contribution in [3.63, 3.8) is 0 Å². The van der Waals surface area contributed by atoms with Crippen LogP contribution < -0.4 is 0 Å². The largest absolute Gasteiger partial charge is 0.481 e. The maximum atomic E-state index is 12.5. The molecule has 1 N–H and O–H groups in total. The molecule has 0 aromatic carbocycles. The number of alkyl halides is 2. The standard InChI is InChI=1S/C9H8BrF2NO2/c1-4-5(2-7(14)15)8(10)13-3-6(4)9(11)12/h3,9H,2H2,1H3,(H,14,15). The normalized spacial score (nSPS) is 10.7. The zero-order chi connectivity index (χ0) is 11.6. The Kier molecular flexibility index (Phi) is 3.73. The molecule has 0 radical (unpaired) electrons. The number of aliphatic carboxylic acids is 1. The number of hydrogen-bond donors (Lipinski definition) is 1. The zero-order valence-corrected chi connectivity index (χ0v) is 9.38. The van der Waals surface area contributed by atoms with Crippen LogP contribution in [0.1, 0.15) is 23.1 Å². The van der Waals surface area contributed by atoms with Crippen LogP contribution in [0.4, 0.5) is 8.78 Å². The van der Waals surface area contributed by atoms with Crippen LogP contribution in [0.3, 0.4) is 0 Å². The van der Waals surface area contributed by atoms with Crippen molar-refractivity contribution >= 4 is 21.9 Å². The average molecular weight is 280 g/mol. The van der Waals surface area contributed by atoms with Crippen LogP contribution in [-0.2, 0) is 11.2 Å². The molecular weight excluding hydrogens is 272 g/mol. The summed E-state index contributed by atoms with van der Waals surface area (Å²) in [5.74, 6) is -1.08. The van der Waals surface area contributed by atoms with Gasteiger partial charge in [-0.25, -0.2) is 13.8 Å². The number of pyridine rings is 1. The molecule has 0 unspecified atom stereocenters. The topological polar surface area (TPSA) is 50.2 Å². The highest BCUT2D eigenvalue weighted by Gasteiger charge is 2.17. The van der Waals surface area contributed by atoms with E-state index in [1.54, 1.807) is 0 Å². The van der Waals surface area contributed by atoms with E-state index in [1.165, 1.54) is 6.92 Å². The Bertz CT molecular complexity index is 396. The van der Waals surface area contributed by atoms with Gasteiger partial charge in [0, 0.05) is 11.8 Å². The van der Waals surface area contributed by atoms with Gasteiger partial charge in [0.1, 0.15) is 4.60 Å². The Hall–Kier alpha value is -1.04. The maximum Gasteiger partial charge on any atom is 0.307 e. The van der Waals surface area contributed by atoms with Gasteiger partial charge in [0.25, 0.3) is 6.43 Å². The first-order valence-electron chi connectivity index (χ1n) is 4.07. The van der Waals surface area contributed by atoms with Gasteiger partial charge in [-0.2, -0.15) is 0 Å². The number of halogens is 3. The van der Waals surface area contributed by atoms with Crippen LogP contribution in [0.25, 0.3) is 0 Å².